The molecule has 0 saturated heterocycles. The maximum atomic E-state index is 6.04. The zero-order valence-electron chi connectivity index (χ0n) is 30.7. The molecule has 9 nitrogen and oxygen atoms in total. The Morgan fingerprint density at radius 3 is 0.983 bits per heavy atom. The normalized spacial score (nSPS) is 11.4. The number of benzene rings is 7. The van der Waals surface area contributed by atoms with Crippen LogP contribution in [0.3, 0.4) is 0 Å². The highest BCUT2D eigenvalue weighted by Gasteiger charge is 2.17. The molecule has 11 aromatic rings. The number of para-hydroxylation sites is 6. The first kappa shape index (κ1) is 33.2. The summed E-state index contributed by atoms with van der Waals surface area (Å²) in [5.41, 5.74) is 12.5. The van der Waals surface area contributed by atoms with Crippen molar-refractivity contribution in [3.05, 3.63) is 176 Å². The van der Waals surface area contributed by atoms with Gasteiger partial charge in [-0.15, -0.1) is 0 Å². The number of hydrogen-bond donors (Lipinski definition) is 0. The van der Waals surface area contributed by atoms with Crippen molar-refractivity contribution in [2.75, 3.05) is 0 Å². The molecule has 0 atom stereocenters. The van der Waals surface area contributed by atoms with Gasteiger partial charge in [0.1, 0.15) is 11.0 Å². The summed E-state index contributed by atoms with van der Waals surface area (Å²) in [7, 11) is 0. The van der Waals surface area contributed by atoms with Crippen LogP contribution in [0.25, 0.3) is 113 Å². The standard InChI is InChI=1S/C49H29N7O2/c1-2-10-30(11-3-1)43-44(51-38-13-5-4-12-37(38)50-43)31-18-20-32(21-19-31)45-54-46(33-22-26-35(27-23-33)48-52-39-14-6-8-16-41(39)57-48)56-47(55-45)34-24-28-36(29-25-34)49-53-40-15-7-9-17-42(40)58-49/h1-29H. The highest BCUT2D eigenvalue weighted by atomic mass is 16.4. The van der Waals surface area contributed by atoms with Crippen LogP contribution in [0, 0.1) is 0 Å². The summed E-state index contributed by atoms with van der Waals surface area (Å²) >= 11 is 0. The second-order valence-electron chi connectivity index (χ2n) is 13.8. The average molecular weight is 748 g/mol. The predicted octanol–water partition coefficient (Wildman–Crippen LogP) is 11.8. The minimum Gasteiger partial charge on any atom is -0.436 e. The van der Waals surface area contributed by atoms with Crippen LogP contribution in [0.4, 0.5) is 0 Å². The maximum absolute atomic E-state index is 6.04. The largest absolute Gasteiger partial charge is 0.436 e. The minimum atomic E-state index is 0.531. The molecule has 9 heteroatoms. The van der Waals surface area contributed by atoms with E-state index in [0.717, 1.165) is 83.6 Å². The molecular formula is C49H29N7O2. The Morgan fingerprint density at radius 1 is 0.241 bits per heavy atom. The lowest BCUT2D eigenvalue weighted by Gasteiger charge is -2.12. The van der Waals surface area contributed by atoms with Crippen LogP contribution >= 0.6 is 0 Å². The van der Waals surface area contributed by atoms with Crippen molar-refractivity contribution in [3.63, 3.8) is 0 Å². The van der Waals surface area contributed by atoms with Crippen LogP contribution in [0.2, 0.25) is 0 Å². The average Bonchev–Trinajstić information content (AvgIpc) is 3.94. The van der Waals surface area contributed by atoms with E-state index in [1.165, 1.54) is 0 Å². The molecule has 4 aromatic heterocycles. The minimum absolute atomic E-state index is 0.531. The first-order valence-electron chi connectivity index (χ1n) is 18.8. The second-order valence-corrected chi connectivity index (χ2v) is 13.8. The van der Waals surface area contributed by atoms with E-state index < -0.39 is 0 Å². The topological polar surface area (TPSA) is 117 Å². The van der Waals surface area contributed by atoms with Crippen LogP contribution in [-0.2, 0) is 0 Å². The summed E-state index contributed by atoms with van der Waals surface area (Å²) in [4.78, 5) is 34.5. The molecule has 0 unspecified atom stereocenters. The van der Waals surface area contributed by atoms with Gasteiger partial charge in [0.2, 0.25) is 11.8 Å². The number of hydrogen-bond acceptors (Lipinski definition) is 9. The van der Waals surface area contributed by atoms with Crippen LogP contribution in [0.5, 0.6) is 0 Å². The molecule has 272 valence electrons. The SMILES string of the molecule is c1ccc(-c2nc3ccccc3nc2-c2ccc(-c3nc(-c4ccc(-c5nc6ccccc6o5)cc4)nc(-c4ccc(-c5nc6ccccc6o5)cc4)n3)cc2)cc1. The van der Waals surface area contributed by atoms with Crippen molar-refractivity contribution in [1.82, 2.24) is 34.9 Å². The molecule has 0 N–H and O–H groups in total. The molecule has 0 aliphatic heterocycles. The predicted molar refractivity (Wildman–Crippen MR) is 226 cm³/mol. The van der Waals surface area contributed by atoms with E-state index in [9.17, 15) is 0 Å². The molecule has 4 heterocycles. The number of fused-ring (bicyclic) bond motifs is 3. The highest BCUT2D eigenvalue weighted by molar-refractivity contribution is 5.87. The molecule has 0 spiro atoms. The number of oxazole rings is 2. The Hall–Kier alpha value is -8.17. The smallest absolute Gasteiger partial charge is 0.227 e. The first-order valence-corrected chi connectivity index (χ1v) is 18.8. The van der Waals surface area contributed by atoms with Crippen LogP contribution in [0.1, 0.15) is 0 Å². The fraction of sp³-hybridized carbons (Fsp3) is 0. The van der Waals surface area contributed by atoms with Gasteiger partial charge in [0, 0.05) is 38.9 Å². The fourth-order valence-corrected chi connectivity index (χ4v) is 7.05. The van der Waals surface area contributed by atoms with Gasteiger partial charge in [-0.3, -0.25) is 0 Å². The monoisotopic (exact) mass is 747 g/mol. The van der Waals surface area contributed by atoms with E-state index in [4.69, 9.17) is 33.8 Å². The van der Waals surface area contributed by atoms with E-state index >= 15 is 0 Å². The van der Waals surface area contributed by atoms with Gasteiger partial charge in [0.15, 0.2) is 28.6 Å². The Balaban J connectivity index is 0.988. The third kappa shape index (κ3) is 6.13. The van der Waals surface area contributed by atoms with Gasteiger partial charge >= 0.3 is 0 Å². The molecule has 58 heavy (non-hydrogen) atoms. The molecule has 0 aliphatic rings. The summed E-state index contributed by atoms with van der Waals surface area (Å²) < 4.78 is 12.1. The summed E-state index contributed by atoms with van der Waals surface area (Å²) in [5, 5.41) is 0. The van der Waals surface area contributed by atoms with Crippen molar-refractivity contribution in [2.24, 2.45) is 0 Å². The van der Waals surface area contributed by atoms with E-state index in [1.807, 2.05) is 164 Å². The van der Waals surface area contributed by atoms with Gasteiger partial charge < -0.3 is 8.83 Å². The van der Waals surface area contributed by atoms with Gasteiger partial charge in [0.25, 0.3) is 0 Å². The number of nitrogens with zero attached hydrogens (tertiary/aromatic N) is 7. The lowest BCUT2D eigenvalue weighted by atomic mass is 10.0. The lowest BCUT2D eigenvalue weighted by molar-refractivity contribution is 0.619. The van der Waals surface area contributed by atoms with Crippen LogP contribution in [-0.4, -0.2) is 34.9 Å². The summed E-state index contributed by atoms with van der Waals surface area (Å²) in [6.07, 6.45) is 0. The third-order valence-corrected chi connectivity index (χ3v) is 10.0. The van der Waals surface area contributed by atoms with Gasteiger partial charge in [-0.25, -0.2) is 34.9 Å². The quantitative estimate of drug-likeness (QED) is 0.157. The van der Waals surface area contributed by atoms with Gasteiger partial charge in [-0.05, 0) is 60.7 Å². The summed E-state index contributed by atoms with van der Waals surface area (Å²) in [5.74, 6) is 2.70. The Morgan fingerprint density at radius 2 is 0.569 bits per heavy atom. The second kappa shape index (κ2) is 13.8. The molecule has 11 rings (SSSR count). The third-order valence-electron chi connectivity index (χ3n) is 10.0. The maximum Gasteiger partial charge on any atom is 0.227 e. The molecule has 0 fully saturated rings. The van der Waals surface area contributed by atoms with Crippen molar-refractivity contribution < 1.29 is 8.83 Å². The van der Waals surface area contributed by atoms with Crippen LogP contribution < -0.4 is 0 Å². The summed E-state index contributed by atoms with van der Waals surface area (Å²) in [6.45, 7) is 0. The lowest BCUT2D eigenvalue weighted by Crippen LogP contribution is -2.00. The molecule has 0 radical (unpaired) electrons. The van der Waals surface area contributed by atoms with Crippen LogP contribution in [0.15, 0.2) is 185 Å². The Bertz CT molecular complexity index is 3070. The van der Waals surface area contributed by atoms with E-state index in [-0.39, 0.29) is 0 Å². The number of aromatic nitrogens is 7. The van der Waals surface area contributed by atoms with Crippen molar-refractivity contribution in [3.8, 4) is 79.6 Å². The van der Waals surface area contributed by atoms with Gasteiger partial charge in [-0.2, -0.15) is 0 Å². The fourth-order valence-electron chi connectivity index (χ4n) is 7.05. The highest BCUT2D eigenvalue weighted by Crippen LogP contribution is 2.34. The molecule has 0 amide bonds. The Labute approximate surface area is 331 Å². The van der Waals surface area contributed by atoms with Gasteiger partial charge in [-0.1, -0.05) is 115 Å². The zero-order valence-corrected chi connectivity index (χ0v) is 30.7. The van der Waals surface area contributed by atoms with E-state index in [0.29, 0.717) is 29.3 Å². The van der Waals surface area contributed by atoms with Crippen molar-refractivity contribution >= 4 is 33.2 Å². The first-order chi connectivity index (χ1) is 28.7. The zero-order chi connectivity index (χ0) is 38.4. The molecule has 0 bridgehead atoms. The Kier molecular flexibility index (Phi) is 7.92. The molecular weight excluding hydrogens is 719 g/mol. The molecule has 0 aliphatic carbocycles. The number of rotatable bonds is 7. The van der Waals surface area contributed by atoms with Crippen molar-refractivity contribution in [1.29, 1.82) is 0 Å². The van der Waals surface area contributed by atoms with E-state index in [1.54, 1.807) is 0 Å². The van der Waals surface area contributed by atoms with E-state index in [2.05, 4.69) is 22.1 Å². The van der Waals surface area contributed by atoms with Gasteiger partial charge in [0.05, 0.1) is 22.4 Å². The van der Waals surface area contributed by atoms with Crippen molar-refractivity contribution in [2.45, 2.75) is 0 Å². The summed E-state index contributed by atoms with van der Waals surface area (Å²) in [6, 6.07) is 57.5. The molecule has 0 saturated carbocycles. The molecule has 7 aromatic carbocycles.